The smallest absolute Gasteiger partial charge is 0.225 e. The van der Waals surface area contributed by atoms with Crippen LogP contribution in [0.15, 0.2) is 24.4 Å². The van der Waals surface area contributed by atoms with Crippen LogP contribution in [0.3, 0.4) is 0 Å². The van der Waals surface area contributed by atoms with Gasteiger partial charge in [-0.1, -0.05) is 12.1 Å². The van der Waals surface area contributed by atoms with Crippen LogP contribution in [-0.4, -0.2) is 86.2 Å². The molecule has 3 fully saturated rings. The summed E-state index contributed by atoms with van der Waals surface area (Å²) in [5.74, 6) is 1.50. The second-order valence-electron chi connectivity index (χ2n) is 12.4. The van der Waals surface area contributed by atoms with E-state index in [9.17, 15) is 14.3 Å². The third kappa shape index (κ3) is 6.08. The van der Waals surface area contributed by atoms with Crippen LogP contribution in [0.5, 0.6) is 0 Å². The SMILES string of the molecule is Cc1cccc(F)c1Nc1nc2cnc(NC3CCC(C(=O)N4CCN(C)CC4)CC3)nc2n1C1CCC(CO)CC1. The Morgan fingerprint density at radius 3 is 2.45 bits per heavy atom. The summed E-state index contributed by atoms with van der Waals surface area (Å²) in [6.45, 7) is 5.61. The predicted molar refractivity (Wildman–Crippen MR) is 161 cm³/mol. The number of aliphatic hydroxyl groups excluding tert-OH is 1. The number of aryl methyl sites for hydroxylation is 1. The summed E-state index contributed by atoms with van der Waals surface area (Å²) in [6.07, 6.45) is 8.89. The van der Waals surface area contributed by atoms with Crippen LogP contribution in [0.2, 0.25) is 0 Å². The lowest BCUT2D eigenvalue weighted by molar-refractivity contribution is -0.138. The highest BCUT2D eigenvalue weighted by atomic mass is 19.1. The average molecular weight is 579 g/mol. The van der Waals surface area contributed by atoms with Crippen molar-refractivity contribution in [1.29, 1.82) is 0 Å². The first-order chi connectivity index (χ1) is 20.4. The van der Waals surface area contributed by atoms with Crippen molar-refractivity contribution in [3.8, 4) is 0 Å². The van der Waals surface area contributed by atoms with E-state index in [1.54, 1.807) is 12.3 Å². The Kier molecular flexibility index (Phi) is 8.57. The number of likely N-dealkylation sites (N-methyl/N-ethyl adjacent to an activating group) is 1. The van der Waals surface area contributed by atoms with Gasteiger partial charge in [-0.15, -0.1) is 0 Å². The van der Waals surface area contributed by atoms with Gasteiger partial charge in [-0.25, -0.2) is 14.4 Å². The predicted octanol–water partition coefficient (Wildman–Crippen LogP) is 4.49. The Bertz CT molecular complexity index is 1370. The Labute approximate surface area is 246 Å². The number of rotatable bonds is 7. The van der Waals surface area contributed by atoms with Gasteiger partial charge in [-0.3, -0.25) is 9.36 Å². The standard InChI is InChI=1S/C31H43FN8O2/c1-20-4-3-5-25(32)27(20)36-31-35-26-18-33-30(37-28(26)40(31)24-12-6-21(19-41)7-13-24)34-23-10-8-22(9-11-23)29(42)39-16-14-38(2)15-17-39/h3-5,18,21-24,41H,6-17,19H2,1-2H3,(H,35,36)(H,33,34,37). The number of aliphatic hydroxyl groups is 1. The minimum absolute atomic E-state index is 0.0980. The average Bonchev–Trinajstić information content (AvgIpc) is 3.37. The van der Waals surface area contributed by atoms with Crippen LogP contribution in [0, 0.1) is 24.6 Å². The van der Waals surface area contributed by atoms with Gasteiger partial charge in [0.05, 0.1) is 11.9 Å². The Morgan fingerprint density at radius 2 is 1.76 bits per heavy atom. The van der Waals surface area contributed by atoms with Crippen molar-refractivity contribution in [2.24, 2.45) is 11.8 Å². The van der Waals surface area contributed by atoms with Crippen molar-refractivity contribution >= 4 is 34.7 Å². The second kappa shape index (κ2) is 12.5. The van der Waals surface area contributed by atoms with Crippen LogP contribution < -0.4 is 10.6 Å². The van der Waals surface area contributed by atoms with Gasteiger partial charge in [0.25, 0.3) is 0 Å². The topological polar surface area (TPSA) is 111 Å². The number of benzene rings is 1. The van der Waals surface area contributed by atoms with E-state index in [1.807, 2.05) is 17.9 Å². The molecule has 10 nitrogen and oxygen atoms in total. The van der Waals surface area contributed by atoms with E-state index in [2.05, 4.69) is 32.1 Å². The van der Waals surface area contributed by atoms with Crippen LogP contribution in [0.25, 0.3) is 11.2 Å². The largest absolute Gasteiger partial charge is 0.396 e. The van der Waals surface area contributed by atoms with E-state index in [0.717, 1.165) is 88.8 Å². The molecule has 0 spiro atoms. The summed E-state index contributed by atoms with van der Waals surface area (Å²) < 4.78 is 16.9. The minimum Gasteiger partial charge on any atom is -0.396 e. The summed E-state index contributed by atoms with van der Waals surface area (Å²) in [5.41, 5.74) is 2.58. The van der Waals surface area contributed by atoms with Gasteiger partial charge in [-0.2, -0.15) is 4.98 Å². The number of aromatic nitrogens is 4. The lowest BCUT2D eigenvalue weighted by Crippen LogP contribution is -2.49. The van der Waals surface area contributed by atoms with E-state index in [1.165, 1.54) is 6.07 Å². The molecule has 3 heterocycles. The number of nitrogens with zero attached hydrogens (tertiary/aromatic N) is 6. The first-order valence-corrected chi connectivity index (χ1v) is 15.5. The number of fused-ring (bicyclic) bond motifs is 1. The van der Waals surface area contributed by atoms with Gasteiger partial charge in [0.1, 0.15) is 11.3 Å². The van der Waals surface area contributed by atoms with Gasteiger partial charge < -0.3 is 25.5 Å². The van der Waals surface area contributed by atoms with Crippen LogP contribution in [0.1, 0.15) is 63.0 Å². The first-order valence-electron chi connectivity index (χ1n) is 15.5. The van der Waals surface area contributed by atoms with Crippen molar-refractivity contribution in [3.63, 3.8) is 0 Å². The second-order valence-corrected chi connectivity index (χ2v) is 12.4. The lowest BCUT2D eigenvalue weighted by atomic mass is 9.85. The summed E-state index contributed by atoms with van der Waals surface area (Å²) >= 11 is 0. The summed E-state index contributed by atoms with van der Waals surface area (Å²) in [6, 6.07) is 5.36. The number of hydrogen-bond donors (Lipinski definition) is 3. The number of imidazole rings is 1. The fourth-order valence-corrected chi connectivity index (χ4v) is 6.83. The highest BCUT2D eigenvalue weighted by Gasteiger charge is 2.31. The number of piperazine rings is 1. The van der Waals surface area contributed by atoms with E-state index >= 15 is 0 Å². The van der Waals surface area contributed by atoms with Crippen LogP contribution >= 0.6 is 0 Å². The Balaban J connectivity index is 1.19. The molecular weight excluding hydrogens is 535 g/mol. The Morgan fingerprint density at radius 1 is 1.02 bits per heavy atom. The van der Waals surface area contributed by atoms with E-state index in [4.69, 9.17) is 9.97 Å². The molecule has 42 heavy (non-hydrogen) atoms. The fourth-order valence-electron chi connectivity index (χ4n) is 6.83. The molecule has 1 saturated heterocycles. The van der Waals surface area contributed by atoms with Gasteiger partial charge in [0.15, 0.2) is 5.65 Å². The van der Waals surface area contributed by atoms with Crippen LogP contribution in [-0.2, 0) is 4.79 Å². The zero-order valence-corrected chi connectivity index (χ0v) is 24.7. The third-order valence-electron chi connectivity index (χ3n) is 9.56. The van der Waals surface area contributed by atoms with Crippen molar-refractivity contribution in [2.75, 3.05) is 50.5 Å². The molecule has 1 amide bonds. The normalized spacial score (nSPS) is 25.5. The van der Waals surface area contributed by atoms with Gasteiger partial charge in [0.2, 0.25) is 17.8 Å². The maximum atomic E-state index is 14.8. The highest BCUT2D eigenvalue weighted by molar-refractivity contribution is 5.79. The van der Waals surface area contributed by atoms with E-state index < -0.39 is 0 Å². The molecule has 3 N–H and O–H groups in total. The molecule has 1 aromatic carbocycles. The van der Waals surface area contributed by atoms with Crippen molar-refractivity contribution in [2.45, 2.75) is 70.4 Å². The number of amides is 1. The summed E-state index contributed by atoms with van der Waals surface area (Å²) in [4.78, 5) is 31.7. The number of carbonyl (C=O) groups is 1. The number of anilines is 3. The zero-order valence-electron chi connectivity index (χ0n) is 24.7. The van der Waals surface area contributed by atoms with Crippen LogP contribution in [0.4, 0.5) is 22.0 Å². The molecule has 6 rings (SSSR count). The molecule has 2 saturated carbocycles. The summed E-state index contributed by atoms with van der Waals surface area (Å²) in [5, 5.41) is 16.5. The number of halogens is 1. The fraction of sp³-hybridized carbons (Fsp3) is 0.613. The van der Waals surface area contributed by atoms with Crippen molar-refractivity contribution < 1.29 is 14.3 Å². The molecule has 11 heteroatoms. The molecule has 0 bridgehead atoms. The quantitative estimate of drug-likeness (QED) is 0.376. The molecule has 3 aliphatic rings. The maximum absolute atomic E-state index is 14.8. The lowest BCUT2D eigenvalue weighted by Gasteiger charge is -2.36. The highest BCUT2D eigenvalue weighted by Crippen LogP contribution is 2.37. The third-order valence-corrected chi connectivity index (χ3v) is 9.56. The number of hydrogen-bond acceptors (Lipinski definition) is 8. The molecular formula is C31H43FN8O2. The van der Waals surface area contributed by atoms with E-state index in [0.29, 0.717) is 34.9 Å². The first kappa shape index (κ1) is 28.8. The Hall–Kier alpha value is -3.31. The number of para-hydroxylation sites is 1. The van der Waals surface area contributed by atoms with Crippen molar-refractivity contribution in [3.05, 3.63) is 35.8 Å². The zero-order chi connectivity index (χ0) is 29.2. The molecule has 3 aromatic rings. The van der Waals surface area contributed by atoms with Gasteiger partial charge in [0, 0.05) is 50.8 Å². The van der Waals surface area contributed by atoms with Crippen molar-refractivity contribution in [1.82, 2.24) is 29.3 Å². The molecule has 226 valence electrons. The molecule has 0 unspecified atom stereocenters. The molecule has 0 atom stereocenters. The van der Waals surface area contributed by atoms with Gasteiger partial charge in [-0.05, 0) is 82.9 Å². The number of nitrogens with one attached hydrogen (secondary N) is 2. The molecule has 2 aromatic heterocycles. The molecule has 1 aliphatic heterocycles. The van der Waals surface area contributed by atoms with E-state index in [-0.39, 0.29) is 30.4 Å². The number of carbonyl (C=O) groups excluding carboxylic acids is 1. The summed E-state index contributed by atoms with van der Waals surface area (Å²) in [7, 11) is 2.11. The monoisotopic (exact) mass is 578 g/mol. The molecule has 2 aliphatic carbocycles. The molecule has 0 radical (unpaired) electrons. The van der Waals surface area contributed by atoms with Gasteiger partial charge >= 0.3 is 0 Å². The minimum atomic E-state index is -0.326. The maximum Gasteiger partial charge on any atom is 0.225 e.